The average Bonchev–Trinajstić information content (AvgIpc) is 3.01. The Bertz CT molecular complexity index is 1020. The molecular formula is C20H23FN6O2. The summed E-state index contributed by atoms with van der Waals surface area (Å²) in [4.78, 5) is 19.0. The smallest absolute Gasteiger partial charge is 0.320 e. The van der Waals surface area contributed by atoms with Crippen molar-refractivity contribution in [1.82, 2.24) is 20.5 Å². The van der Waals surface area contributed by atoms with Crippen LogP contribution >= 0.6 is 0 Å². The van der Waals surface area contributed by atoms with Gasteiger partial charge in [0, 0.05) is 25.4 Å². The Labute approximate surface area is 167 Å². The van der Waals surface area contributed by atoms with E-state index in [1.807, 2.05) is 0 Å². The standard InChI is InChI=1S/C20H23FN6O2/c1-20(2,29)17(12-4-6-13(21)7-5-12)24-19(28)23-16-10-15-14(11-22-16)18(26-25-15)27-8-3-9-27/h4-7,10-11,17,29H,3,8-9H2,1-2H3,(H,25,26)(H2,22,23,24,28). The Morgan fingerprint density at radius 3 is 2.66 bits per heavy atom. The zero-order valence-corrected chi connectivity index (χ0v) is 16.2. The third-order valence-corrected chi connectivity index (χ3v) is 5.01. The summed E-state index contributed by atoms with van der Waals surface area (Å²) < 4.78 is 13.2. The van der Waals surface area contributed by atoms with Crippen molar-refractivity contribution < 1.29 is 14.3 Å². The van der Waals surface area contributed by atoms with E-state index in [0.29, 0.717) is 11.4 Å². The Hall–Kier alpha value is -3.20. The van der Waals surface area contributed by atoms with E-state index in [1.165, 1.54) is 24.3 Å². The molecule has 1 aliphatic heterocycles. The van der Waals surface area contributed by atoms with E-state index in [4.69, 9.17) is 0 Å². The topological polar surface area (TPSA) is 106 Å². The van der Waals surface area contributed by atoms with Gasteiger partial charge in [0.15, 0.2) is 5.82 Å². The van der Waals surface area contributed by atoms with Crippen molar-refractivity contribution >= 4 is 28.6 Å². The molecule has 4 N–H and O–H groups in total. The summed E-state index contributed by atoms with van der Waals surface area (Å²) >= 11 is 0. The molecule has 1 aliphatic rings. The Balaban J connectivity index is 1.49. The highest BCUT2D eigenvalue weighted by molar-refractivity contribution is 5.94. The van der Waals surface area contributed by atoms with Gasteiger partial charge in [0.25, 0.3) is 0 Å². The molecule has 3 aromatic rings. The van der Waals surface area contributed by atoms with E-state index in [2.05, 4.69) is 30.7 Å². The summed E-state index contributed by atoms with van der Waals surface area (Å²) in [6, 6.07) is 6.08. The van der Waals surface area contributed by atoms with Crippen LogP contribution in [-0.2, 0) is 0 Å². The maximum absolute atomic E-state index is 13.2. The number of amides is 2. The lowest BCUT2D eigenvalue weighted by Gasteiger charge is -2.31. The van der Waals surface area contributed by atoms with Crippen molar-refractivity contribution in [2.45, 2.75) is 31.9 Å². The minimum Gasteiger partial charge on any atom is -0.388 e. The highest BCUT2D eigenvalue weighted by Crippen LogP contribution is 2.28. The lowest BCUT2D eigenvalue weighted by Crippen LogP contribution is -2.44. The summed E-state index contributed by atoms with van der Waals surface area (Å²) in [5.41, 5.74) is 0.0992. The number of halogens is 1. The van der Waals surface area contributed by atoms with Crippen LogP contribution in [0.3, 0.4) is 0 Å². The molecule has 1 saturated heterocycles. The fourth-order valence-corrected chi connectivity index (χ4v) is 3.34. The molecule has 9 heteroatoms. The predicted octanol–water partition coefficient (Wildman–Crippen LogP) is 2.94. The summed E-state index contributed by atoms with van der Waals surface area (Å²) in [7, 11) is 0. The van der Waals surface area contributed by atoms with Gasteiger partial charge in [0.2, 0.25) is 0 Å². The van der Waals surface area contributed by atoms with Crippen molar-refractivity contribution in [3.8, 4) is 0 Å². The molecule has 0 aliphatic carbocycles. The second kappa shape index (κ2) is 7.32. The van der Waals surface area contributed by atoms with Gasteiger partial charge >= 0.3 is 6.03 Å². The number of benzene rings is 1. The number of aliphatic hydroxyl groups is 1. The van der Waals surface area contributed by atoms with Crippen LogP contribution in [0.1, 0.15) is 31.9 Å². The van der Waals surface area contributed by atoms with E-state index in [9.17, 15) is 14.3 Å². The Morgan fingerprint density at radius 2 is 2.03 bits per heavy atom. The number of carbonyl (C=O) groups is 1. The molecule has 1 aromatic carbocycles. The maximum atomic E-state index is 13.2. The van der Waals surface area contributed by atoms with Gasteiger partial charge in [-0.1, -0.05) is 12.1 Å². The van der Waals surface area contributed by atoms with Crippen molar-refractivity contribution in [1.29, 1.82) is 0 Å². The number of nitrogens with one attached hydrogen (secondary N) is 3. The fraction of sp³-hybridized carbons (Fsp3) is 0.350. The number of aromatic nitrogens is 3. The number of fused-ring (bicyclic) bond motifs is 1. The van der Waals surface area contributed by atoms with Gasteiger partial charge in [-0.15, -0.1) is 0 Å². The molecular weight excluding hydrogens is 375 g/mol. The van der Waals surface area contributed by atoms with E-state index in [-0.39, 0.29) is 5.82 Å². The molecule has 1 fully saturated rings. The number of anilines is 2. The SMILES string of the molecule is CC(C)(O)C(NC(=O)Nc1cc2[nH]nc(N3CCC3)c2cn1)c1ccc(F)cc1. The molecule has 8 nitrogen and oxygen atoms in total. The number of hydrogen-bond donors (Lipinski definition) is 4. The number of nitrogens with zero attached hydrogens (tertiary/aromatic N) is 3. The molecule has 152 valence electrons. The second-order valence-electron chi connectivity index (χ2n) is 7.74. The van der Waals surface area contributed by atoms with E-state index in [0.717, 1.165) is 36.2 Å². The summed E-state index contributed by atoms with van der Waals surface area (Å²) in [6.45, 7) is 5.11. The van der Waals surface area contributed by atoms with Crippen LogP contribution in [0.4, 0.5) is 20.8 Å². The van der Waals surface area contributed by atoms with Crippen LogP contribution in [0.25, 0.3) is 10.9 Å². The van der Waals surface area contributed by atoms with Crippen LogP contribution in [0.15, 0.2) is 36.5 Å². The predicted molar refractivity (Wildman–Crippen MR) is 108 cm³/mol. The van der Waals surface area contributed by atoms with Gasteiger partial charge in [-0.2, -0.15) is 5.10 Å². The number of rotatable bonds is 5. The molecule has 0 radical (unpaired) electrons. The van der Waals surface area contributed by atoms with Gasteiger partial charge in [-0.05, 0) is 38.0 Å². The van der Waals surface area contributed by atoms with Gasteiger partial charge < -0.3 is 15.3 Å². The fourth-order valence-electron chi connectivity index (χ4n) is 3.34. The normalized spacial score (nSPS) is 15.1. The molecule has 0 spiro atoms. The Morgan fingerprint density at radius 1 is 1.31 bits per heavy atom. The molecule has 0 saturated carbocycles. The minimum atomic E-state index is -1.26. The van der Waals surface area contributed by atoms with E-state index >= 15 is 0 Å². The number of H-pyrrole nitrogens is 1. The molecule has 0 bridgehead atoms. The van der Waals surface area contributed by atoms with Crippen LogP contribution in [-0.4, -0.2) is 45.0 Å². The van der Waals surface area contributed by atoms with E-state index in [1.54, 1.807) is 26.1 Å². The zero-order valence-electron chi connectivity index (χ0n) is 16.2. The first-order valence-corrected chi connectivity index (χ1v) is 9.46. The Kier molecular flexibility index (Phi) is 4.83. The lowest BCUT2D eigenvalue weighted by atomic mass is 9.92. The van der Waals surface area contributed by atoms with Crippen molar-refractivity contribution in [3.05, 3.63) is 47.9 Å². The first-order valence-electron chi connectivity index (χ1n) is 9.46. The summed E-state index contributed by atoms with van der Waals surface area (Å²) in [5.74, 6) is 0.831. The van der Waals surface area contributed by atoms with Crippen molar-refractivity contribution in [3.63, 3.8) is 0 Å². The third kappa shape index (κ3) is 4.00. The van der Waals surface area contributed by atoms with Gasteiger partial charge in [-0.3, -0.25) is 10.4 Å². The van der Waals surface area contributed by atoms with E-state index < -0.39 is 17.7 Å². The highest BCUT2D eigenvalue weighted by atomic mass is 19.1. The molecule has 4 rings (SSSR count). The largest absolute Gasteiger partial charge is 0.388 e. The van der Waals surface area contributed by atoms with Gasteiger partial charge in [-0.25, -0.2) is 14.2 Å². The van der Waals surface area contributed by atoms with Crippen molar-refractivity contribution in [2.75, 3.05) is 23.3 Å². The number of hydrogen-bond acceptors (Lipinski definition) is 5. The molecule has 1 unspecified atom stereocenters. The quantitative estimate of drug-likeness (QED) is 0.529. The lowest BCUT2D eigenvalue weighted by molar-refractivity contribution is 0.0415. The molecule has 2 amide bonds. The van der Waals surface area contributed by atoms with Crippen LogP contribution < -0.4 is 15.5 Å². The summed E-state index contributed by atoms with van der Waals surface area (Å²) in [5, 5.41) is 24.1. The van der Waals surface area contributed by atoms with Crippen LogP contribution in [0.2, 0.25) is 0 Å². The monoisotopic (exact) mass is 398 g/mol. The molecule has 1 atom stereocenters. The first-order chi connectivity index (χ1) is 13.8. The number of pyridine rings is 1. The maximum Gasteiger partial charge on any atom is 0.320 e. The highest BCUT2D eigenvalue weighted by Gasteiger charge is 2.30. The summed E-state index contributed by atoms with van der Waals surface area (Å²) in [6.07, 6.45) is 2.83. The minimum absolute atomic E-state index is 0.349. The second-order valence-corrected chi connectivity index (χ2v) is 7.74. The van der Waals surface area contributed by atoms with Gasteiger partial charge in [0.1, 0.15) is 11.6 Å². The molecule has 29 heavy (non-hydrogen) atoms. The van der Waals surface area contributed by atoms with Crippen molar-refractivity contribution in [2.24, 2.45) is 0 Å². The zero-order chi connectivity index (χ0) is 20.6. The number of urea groups is 1. The third-order valence-electron chi connectivity index (χ3n) is 5.01. The number of carbonyl (C=O) groups excluding carboxylic acids is 1. The average molecular weight is 398 g/mol. The molecule has 3 heterocycles. The molecule has 2 aromatic heterocycles. The number of aromatic amines is 1. The van der Waals surface area contributed by atoms with Gasteiger partial charge in [0.05, 0.1) is 22.5 Å². The first kappa shape index (κ1) is 19.1. The van der Waals surface area contributed by atoms with Crippen LogP contribution in [0, 0.1) is 5.82 Å². The van der Waals surface area contributed by atoms with Crippen LogP contribution in [0.5, 0.6) is 0 Å².